The molecule has 1 aromatic heterocycles. The van der Waals surface area contributed by atoms with Gasteiger partial charge in [-0.2, -0.15) is 0 Å². The summed E-state index contributed by atoms with van der Waals surface area (Å²) in [6.45, 7) is 6.70. The third-order valence-corrected chi connectivity index (χ3v) is 4.22. The zero-order valence-electron chi connectivity index (χ0n) is 16.8. The average Bonchev–Trinajstić information content (AvgIpc) is 2.74. The van der Waals surface area contributed by atoms with E-state index in [0.29, 0.717) is 67.9 Å². The predicted molar refractivity (Wildman–Crippen MR) is 112 cm³/mol. The highest BCUT2D eigenvalue weighted by molar-refractivity contribution is 5.86. The second-order valence-corrected chi connectivity index (χ2v) is 6.23. The van der Waals surface area contributed by atoms with Crippen LogP contribution in [0.1, 0.15) is 13.8 Å². The van der Waals surface area contributed by atoms with Gasteiger partial charge in [0, 0.05) is 37.0 Å². The van der Waals surface area contributed by atoms with Crippen molar-refractivity contribution in [2.24, 2.45) is 0 Å². The zero-order chi connectivity index (χ0) is 20.5. The minimum absolute atomic E-state index is 0.169. The third-order valence-electron chi connectivity index (χ3n) is 4.22. The van der Waals surface area contributed by atoms with Gasteiger partial charge in [-0.1, -0.05) is 30.3 Å². The van der Waals surface area contributed by atoms with Crippen molar-refractivity contribution in [3.63, 3.8) is 0 Å². The topological polar surface area (TPSA) is 67.1 Å². The smallest absolute Gasteiger partial charge is 0.197 e. The summed E-state index contributed by atoms with van der Waals surface area (Å²) in [6, 6.07) is 14.4. The quantitative estimate of drug-likeness (QED) is 0.449. The van der Waals surface area contributed by atoms with Crippen LogP contribution >= 0.6 is 0 Å². The molecule has 154 valence electrons. The summed E-state index contributed by atoms with van der Waals surface area (Å²) in [5, 5.41) is 0.387. The monoisotopic (exact) mass is 398 g/mol. The second kappa shape index (κ2) is 10.6. The second-order valence-electron chi connectivity index (χ2n) is 6.23. The van der Waals surface area contributed by atoms with Crippen molar-refractivity contribution in [3.8, 4) is 22.8 Å². The van der Waals surface area contributed by atoms with E-state index in [2.05, 4.69) is 0 Å². The Morgan fingerprint density at radius 3 is 2.21 bits per heavy atom. The molecule has 2 aromatic carbocycles. The summed E-state index contributed by atoms with van der Waals surface area (Å²) in [7, 11) is 0. The van der Waals surface area contributed by atoms with Crippen LogP contribution in [-0.2, 0) is 9.47 Å². The Bertz CT molecular complexity index is 964. The Balaban J connectivity index is 1.97. The molecule has 0 unspecified atom stereocenters. The van der Waals surface area contributed by atoms with Crippen LogP contribution < -0.4 is 14.9 Å². The molecule has 0 radical (unpaired) electrons. The molecule has 3 aromatic rings. The maximum absolute atomic E-state index is 12.9. The van der Waals surface area contributed by atoms with E-state index in [1.54, 1.807) is 12.1 Å². The zero-order valence-corrected chi connectivity index (χ0v) is 16.8. The number of hydrogen-bond donors (Lipinski definition) is 0. The summed E-state index contributed by atoms with van der Waals surface area (Å²) in [6.07, 6.45) is 0. The van der Waals surface area contributed by atoms with Gasteiger partial charge in [0.25, 0.3) is 0 Å². The first-order chi connectivity index (χ1) is 14.2. The lowest BCUT2D eigenvalue weighted by Crippen LogP contribution is -2.10. The highest BCUT2D eigenvalue weighted by Crippen LogP contribution is 2.32. The number of hydrogen-bond acceptors (Lipinski definition) is 6. The van der Waals surface area contributed by atoms with Gasteiger partial charge in [0.1, 0.15) is 41.4 Å². The van der Waals surface area contributed by atoms with Gasteiger partial charge >= 0.3 is 0 Å². The van der Waals surface area contributed by atoms with Crippen molar-refractivity contribution in [1.82, 2.24) is 0 Å². The number of fused-ring (bicyclic) bond motifs is 1. The minimum Gasteiger partial charge on any atom is -0.491 e. The molecule has 0 saturated heterocycles. The van der Waals surface area contributed by atoms with Gasteiger partial charge in [-0.3, -0.25) is 4.79 Å². The highest BCUT2D eigenvalue weighted by atomic mass is 16.5. The van der Waals surface area contributed by atoms with Crippen molar-refractivity contribution >= 4 is 11.0 Å². The molecule has 3 rings (SSSR count). The first kappa shape index (κ1) is 20.9. The van der Waals surface area contributed by atoms with Crippen LogP contribution in [0.15, 0.2) is 57.7 Å². The van der Waals surface area contributed by atoms with Gasteiger partial charge in [-0.25, -0.2) is 0 Å². The molecule has 6 heteroatoms. The first-order valence-corrected chi connectivity index (χ1v) is 9.81. The van der Waals surface area contributed by atoms with Crippen molar-refractivity contribution in [2.45, 2.75) is 13.8 Å². The van der Waals surface area contributed by atoms with Crippen LogP contribution in [0, 0.1) is 0 Å². The van der Waals surface area contributed by atoms with E-state index in [4.69, 9.17) is 23.4 Å². The molecule has 1 heterocycles. The molecular weight excluding hydrogens is 372 g/mol. The average molecular weight is 398 g/mol. The van der Waals surface area contributed by atoms with Crippen LogP contribution in [0.2, 0.25) is 0 Å². The summed E-state index contributed by atoms with van der Waals surface area (Å²) >= 11 is 0. The van der Waals surface area contributed by atoms with E-state index in [0.717, 1.165) is 5.56 Å². The normalized spacial score (nSPS) is 11.0. The van der Waals surface area contributed by atoms with Crippen LogP contribution in [0.5, 0.6) is 11.5 Å². The van der Waals surface area contributed by atoms with E-state index in [1.807, 2.05) is 44.2 Å². The Hall–Kier alpha value is -2.83. The lowest BCUT2D eigenvalue weighted by atomic mass is 10.1. The van der Waals surface area contributed by atoms with E-state index in [-0.39, 0.29) is 5.43 Å². The van der Waals surface area contributed by atoms with Gasteiger partial charge < -0.3 is 23.4 Å². The van der Waals surface area contributed by atoms with Crippen LogP contribution in [-0.4, -0.2) is 39.6 Å². The molecule has 0 aliphatic rings. The molecule has 29 heavy (non-hydrogen) atoms. The summed E-state index contributed by atoms with van der Waals surface area (Å²) < 4.78 is 28.3. The number of benzene rings is 2. The van der Waals surface area contributed by atoms with Gasteiger partial charge in [-0.15, -0.1) is 0 Å². The fraction of sp³-hybridized carbons (Fsp3) is 0.348. The number of rotatable bonds is 11. The predicted octanol–water partition coefficient (Wildman–Crippen LogP) is 4.29. The maximum Gasteiger partial charge on any atom is 0.197 e. The van der Waals surface area contributed by atoms with E-state index in [9.17, 15) is 4.79 Å². The fourth-order valence-electron chi connectivity index (χ4n) is 2.89. The summed E-state index contributed by atoms with van der Waals surface area (Å²) in [5.74, 6) is 1.47. The third kappa shape index (κ3) is 5.59. The Labute approximate surface area is 170 Å². The van der Waals surface area contributed by atoms with Crippen LogP contribution in [0.3, 0.4) is 0 Å². The van der Waals surface area contributed by atoms with E-state index in [1.165, 1.54) is 6.07 Å². The van der Waals surface area contributed by atoms with Crippen LogP contribution in [0.25, 0.3) is 22.3 Å². The molecule has 0 aliphatic carbocycles. The standard InChI is InChI=1S/C23H26O6/c1-3-25-10-12-27-18-14-21(28-13-11-26-4-2)23-19(24)16-20(29-22(23)15-18)17-8-6-5-7-9-17/h5-9,14-16H,3-4,10-13H2,1-2H3. The SMILES string of the molecule is CCOCCOc1cc(OCCOCC)c2c(=O)cc(-c3ccccc3)oc2c1. The summed E-state index contributed by atoms with van der Waals surface area (Å²) in [4.78, 5) is 12.9. The lowest BCUT2D eigenvalue weighted by Gasteiger charge is -2.13. The highest BCUT2D eigenvalue weighted by Gasteiger charge is 2.14. The van der Waals surface area contributed by atoms with E-state index >= 15 is 0 Å². The Morgan fingerprint density at radius 1 is 0.828 bits per heavy atom. The minimum atomic E-state index is -0.169. The molecule has 6 nitrogen and oxygen atoms in total. The van der Waals surface area contributed by atoms with E-state index < -0.39 is 0 Å². The Kier molecular flexibility index (Phi) is 7.67. The maximum atomic E-state index is 12.9. The molecule has 0 aliphatic heterocycles. The molecule has 0 spiro atoms. The van der Waals surface area contributed by atoms with Gasteiger partial charge in [0.2, 0.25) is 0 Å². The largest absolute Gasteiger partial charge is 0.491 e. The van der Waals surface area contributed by atoms with Crippen molar-refractivity contribution in [3.05, 3.63) is 58.8 Å². The van der Waals surface area contributed by atoms with Crippen molar-refractivity contribution < 1.29 is 23.4 Å². The molecule has 0 saturated carbocycles. The van der Waals surface area contributed by atoms with Gasteiger partial charge in [0.05, 0.1) is 13.2 Å². The molecule has 0 amide bonds. The fourth-order valence-corrected chi connectivity index (χ4v) is 2.89. The van der Waals surface area contributed by atoms with Crippen LogP contribution in [0.4, 0.5) is 0 Å². The van der Waals surface area contributed by atoms with Crippen molar-refractivity contribution in [1.29, 1.82) is 0 Å². The van der Waals surface area contributed by atoms with Crippen molar-refractivity contribution in [2.75, 3.05) is 39.6 Å². The molecule has 0 fully saturated rings. The molecule has 0 N–H and O–H groups in total. The molecule has 0 bridgehead atoms. The molecular formula is C23H26O6. The Morgan fingerprint density at radius 2 is 1.52 bits per heavy atom. The summed E-state index contributed by atoms with van der Waals surface area (Å²) in [5.41, 5.74) is 1.07. The first-order valence-electron chi connectivity index (χ1n) is 9.81. The van der Waals surface area contributed by atoms with Gasteiger partial charge in [0.15, 0.2) is 5.43 Å². The number of ether oxygens (including phenoxy) is 4. The van der Waals surface area contributed by atoms with Gasteiger partial charge in [-0.05, 0) is 13.8 Å². The lowest BCUT2D eigenvalue weighted by molar-refractivity contribution is 0.108. The molecule has 0 atom stereocenters.